The molecule has 0 saturated carbocycles. The van der Waals surface area contributed by atoms with E-state index in [9.17, 15) is 9.59 Å². The molecule has 1 aromatic heterocycles. The molecule has 2 rings (SSSR count). The number of halogens is 1. The molecule has 19 heavy (non-hydrogen) atoms. The molecular formula is C13H17ClN2O2S. The summed E-state index contributed by atoms with van der Waals surface area (Å²) in [5.74, 6) is 0.244. The standard InChI is InChI=1S/C13H17ClN2O2S/c1-10(17)15-4-6-16(7-5-15)13(18)3-2-12-8-11(14)9-19-12/h8-9H,2-7H2,1H3. The molecule has 104 valence electrons. The molecule has 0 spiro atoms. The summed E-state index contributed by atoms with van der Waals surface area (Å²) in [4.78, 5) is 28.0. The van der Waals surface area contributed by atoms with Crippen LogP contribution in [-0.4, -0.2) is 47.8 Å². The van der Waals surface area contributed by atoms with Gasteiger partial charge >= 0.3 is 0 Å². The largest absolute Gasteiger partial charge is 0.339 e. The molecular weight excluding hydrogens is 284 g/mol. The van der Waals surface area contributed by atoms with E-state index < -0.39 is 0 Å². The Morgan fingerprint density at radius 1 is 1.26 bits per heavy atom. The summed E-state index contributed by atoms with van der Waals surface area (Å²) in [6, 6.07) is 1.91. The fraction of sp³-hybridized carbons (Fsp3) is 0.538. The zero-order valence-electron chi connectivity index (χ0n) is 10.9. The second-order valence-electron chi connectivity index (χ2n) is 4.62. The van der Waals surface area contributed by atoms with Crippen LogP contribution in [0.1, 0.15) is 18.2 Å². The third kappa shape index (κ3) is 3.94. The van der Waals surface area contributed by atoms with Gasteiger partial charge in [-0.1, -0.05) is 11.6 Å². The van der Waals surface area contributed by atoms with Gasteiger partial charge < -0.3 is 9.80 Å². The van der Waals surface area contributed by atoms with Crippen LogP contribution in [0.15, 0.2) is 11.4 Å². The maximum atomic E-state index is 12.0. The van der Waals surface area contributed by atoms with Gasteiger partial charge in [-0.2, -0.15) is 0 Å². The minimum atomic E-state index is 0.0836. The van der Waals surface area contributed by atoms with Crippen LogP contribution in [0.25, 0.3) is 0 Å². The van der Waals surface area contributed by atoms with Gasteiger partial charge in [-0.15, -0.1) is 11.3 Å². The van der Waals surface area contributed by atoms with E-state index in [0.29, 0.717) is 32.6 Å². The summed E-state index contributed by atoms with van der Waals surface area (Å²) in [5, 5.41) is 2.62. The van der Waals surface area contributed by atoms with Crippen LogP contribution in [-0.2, 0) is 16.0 Å². The smallest absolute Gasteiger partial charge is 0.223 e. The van der Waals surface area contributed by atoms with E-state index in [1.54, 1.807) is 23.2 Å². The maximum absolute atomic E-state index is 12.0. The highest BCUT2D eigenvalue weighted by Gasteiger charge is 2.21. The fourth-order valence-corrected chi connectivity index (χ4v) is 3.22. The van der Waals surface area contributed by atoms with Gasteiger partial charge in [-0.25, -0.2) is 0 Å². The molecule has 2 amide bonds. The Hall–Kier alpha value is -1.07. The molecule has 1 aliphatic rings. The monoisotopic (exact) mass is 300 g/mol. The van der Waals surface area contributed by atoms with Gasteiger partial charge in [0.05, 0.1) is 5.02 Å². The van der Waals surface area contributed by atoms with Gasteiger partial charge in [0.25, 0.3) is 0 Å². The normalized spacial score (nSPS) is 15.7. The van der Waals surface area contributed by atoms with E-state index in [1.807, 2.05) is 16.3 Å². The molecule has 0 aliphatic carbocycles. The number of carbonyl (C=O) groups excluding carboxylic acids is 2. The van der Waals surface area contributed by atoms with Crippen molar-refractivity contribution in [2.45, 2.75) is 19.8 Å². The third-order valence-electron chi connectivity index (χ3n) is 3.28. The first-order valence-electron chi connectivity index (χ1n) is 6.32. The lowest BCUT2D eigenvalue weighted by Crippen LogP contribution is -2.50. The summed E-state index contributed by atoms with van der Waals surface area (Å²) in [6.45, 7) is 4.14. The quantitative estimate of drug-likeness (QED) is 0.857. The number of carbonyl (C=O) groups is 2. The predicted octanol–water partition coefficient (Wildman–Crippen LogP) is 2.02. The summed E-state index contributed by atoms with van der Waals surface area (Å²) >= 11 is 7.43. The van der Waals surface area contributed by atoms with Crippen molar-refractivity contribution in [2.24, 2.45) is 0 Å². The highest BCUT2D eigenvalue weighted by molar-refractivity contribution is 7.10. The molecule has 0 aromatic carbocycles. The van der Waals surface area contributed by atoms with Gasteiger partial charge in [-0.05, 0) is 12.5 Å². The zero-order chi connectivity index (χ0) is 13.8. The topological polar surface area (TPSA) is 40.6 Å². The zero-order valence-corrected chi connectivity index (χ0v) is 12.5. The van der Waals surface area contributed by atoms with E-state index in [4.69, 9.17) is 11.6 Å². The van der Waals surface area contributed by atoms with Crippen molar-refractivity contribution in [3.63, 3.8) is 0 Å². The van der Waals surface area contributed by atoms with Gasteiger partial charge in [0, 0.05) is 49.8 Å². The minimum Gasteiger partial charge on any atom is -0.339 e. The number of hydrogen-bond acceptors (Lipinski definition) is 3. The SMILES string of the molecule is CC(=O)N1CCN(C(=O)CCc2cc(Cl)cs2)CC1. The second kappa shape index (κ2) is 6.39. The lowest BCUT2D eigenvalue weighted by Gasteiger charge is -2.34. The Kier molecular flexibility index (Phi) is 4.82. The van der Waals surface area contributed by atoms with Crippen molar-refractivity contribution in [2.75, 3.05) is 26.2 Å². The van der Waals surface area contributed by atoms with Crippen LogP contribution in [0.3, 0.4) is 0 Å². The first kappa shape index (κ1) is 14.3. The highest BCUT2D eigenvalue weighted by atomic mass is 35.5. The van der Waals surface area contributed by atoms with Gasteiger partial charge in [0.2, 0.25) is 11.8 Å². The van der Waals surface area contributed by atoms with E-state index in [0.717, 1.165) is 16.3 Å². The molecule has 0 unspecified atom stereocenters. The van der Waals surface area contributed by atoms with Crippen LogP contribution >= 0.6 is 22.9 Å². The number of piperazine rings is 1. The van der Waals surface area contributed by atoms with E-state index in [-0.39, 0.29) is 11.8 Å². The highest BCUT2D eigenvalue weighted by Crippen LogP contribution is 2.20. The predicted molar refractivity (Wildman–Crippen MR) is 76.5 cm³/mol. The number of hydrogen-bond donors (Lipinski definition) is 0. The van der Waals surface area contributed by atoms with Crippen LogP contribution in [0, 0.1) is 0 Å². The first-order chi connectivity index (χ1) is 9.06. The van der Waals surface area contributed by atoms with Gasteiger partial charge in [0.1, 0.15) is 0 Å². The molecule has 0 bridgehead atoms. The Morgan fingerprint density at radius 3 is 2.42 bits per heavy atom. The average molecular weight is 301 g/mol. The van der Waals surface area contributed by atoms with Crippen molar-refractivity contribution in [1.82, 2.24) is 9.80 Å². The second-order valence-corrected chi connectivity index (χ2v) is 6.05. The van der Waals surface area contributed by atoms with E-state index >= 15 is 0 Å². The number of rotatable bonds is 3. The fourth-order valence-electron chi connectivity index (χ4n) is 2.14. The number of aryl methyl sites for hydroxylation is 1. The summed E-state index contributed by atoms with van der Waals surface area (Å²) in [7, 11) is 0. The Labute approximate surface area is 121 Å². The molecule has 0 N–H and O–H groups in total. The molecule has 0 atom stereocenters. The molecule has 2 heterocycles. The molecule has 1 aromatic rings. The van der Waals surface area contributed by atoms with Gasteiger partial charge in [-0.3, -0.25) is 9.59 Å². The molecule has 1 saturated heterocycles. The minimum absolute atomic E-state index is 0.0836. The molecule has 4 nitrogen and oxygen atoms in total. The van der Waals surface area contributed by atoms with Crippen LogP contribution in [0.2, 0.25) is 5.02 Å². The summed E-state index contributed by atoms with van der Waals surface area (Å²) in [6.07, 6.45) is 1.25. The van der Waals surface area contributed by atoms with Crippen LogP contribution in [0.4, 0.5) is 0 Å². The van der Waals surface area contributed by atoms with Crippen molar-refractivity contribution >= 4 is 34.8 Å². The number of thiophene rings is 1. The average Bonchev–Trinajstić information content (AvgIpc) is 2.82. The molecule has 6 heteroatoms. The molecule has 1 aliphatic heterocycles. The number of amides is 2. The van der Waals surface area contributed by atoms with Crippen LogP contribution in [0.5, 0.6) is 0 Å². The van der Waals surface area contributed by atoms with Crippen molar-refractivity contribution in [3.8, 4) is 0 Å². The van der Waals surface area contributed by atoms with Crippen molar-refractivity contribution in [3.05, 3.63) is 21.3 Å². The lowest BCUT2D eigenvalue weighted by atomic mass is 10.2. The Bertz CT molecular complexity index is 467. The molecule has 1 fully saturated rings. The third-order valence-corrected chi connectivity index (χ3v) is 4.63. The van der Waals surface area contributed by atoms with Crippen LogP contribution < -0.4 is 0 Å². The summed E-state index contributed by atoms with van der Waals surface area (Å²) < 4.78 is 0. The summed E-state index contributed by atoms with van der Waals surface area (Å²) in [5.41, 5.74) is 0. The van der Waals surface area contributed by atoms with Gasteiger partial charge in [0.15, 0.2) is 0 Å². The Balaban J connectivity index is 1.77. The lowest BCUT2D eigenvalue weighted by molar-refractivity contribution is -0.138. The van der Waals surface area contributed by atoms with E-state index in [1.165, 1.54) is 0 Å². The number of nitrogens with zero attached hydrogens (tertiary/aromatic N) is 2. The van der Waals surface area contributed by atoms with Crippen molar-refractivity contribution in [1.29, 1.82) is 0 Å². The maximum Gasteiger partial charge on any atom is 0.223 e. The Morgan fingerprint density at radius 2 is 1.89 bits per heavy atom. The first-order valence-corrected chi connectivity index (χ1v) is 7.58. The van der Waals surface area contributed by atoms with E-state index in [2.05, 4.69) is 0 Å². The van der Waals surface area contributed by atoms with Crippen molar-refractivity contribution < 1.29 is 9.59 Å². The molecule has 0 radical (unpaired) electrons.